The third-order valence-corrected chi connectivity index (χ3v) is 8.81. The first kappa shape index (κ1) is 35.5. The zero-order chi connectivity index (χ0) is 36.8. The molecular formula is C38H35FN6O7. The van der Waals surface area contributed by atoms with Gasteiger partial charge in [0.25, 0.3) is 17.7 Å². The van der Waals surface area contributed by atoms with E-state index in [-0.39, 0.29) is 67.8 Å². The van der Waals surface area contributed by atoms with Crippen LogP contribution in [0.1, 0.15) is 67.5 Å². The molecule has 1 saturated heterocycles. The SMILES string of the molecule is CN(C(=O)c1ccc(NC(=O)CCOCCNc2cccc3c2C(=O)N(C2CCC(=O)NC2=O)C3=O)cc1)C(c1ccc(F)cc1)c1cccnc1. The van der Waals surface area contributed by atoms with Crippen LogP contribution in [-0.2, 0) is 19.1 Å². The molecular weight excluding hydrogens is 671 g/mol. The van der Waals surface area contributed by atoms with Crippen molar-refractivity contribution >= 4 is 46.8 Å². The Kier molecular flexibility index (Phi) is 10.8. The van der Waals surface area contributed by atoms with Gasteiger partial charge in [-0.25, -0.2) is 4.39 Å². The molecule has 2 aliphatic heterocycles. The number of carbonyl (C=O) groups is 6. The summed E-state index contributed by atoms with van der Waals surface area (Å²) in [6.07, 6.45) is 3.46. The van der Waals surface area contributed by atoms with E-state index in [0.29, 0.717) is 16.9 Å². The molecule has 3 aromatic carbocycles. The highest BCUT2D eigenvalue weighted by atomic mass is 19.1. The summed E-state index contributed by atoms with van der Waals surface area (Å²) in [5, 5.41) is 8.05. The van der Waals surface area contributed by atoms with Crippen molar-refractivity contribution < 1.29 is 37.9 Å². The summed E-state index contributed by atoms with van der Waals surface area (Å²) in [4.78, 5) is 82.9. The molecule has 52 heavy (non-hydrogen) atoms. The van der Waals surface area contributed by atoms with Crippen molar-refractivity contribution in [3.8, 4) is 0 Å². The number of amides is 6. The van der Waals surface area contributed by atoms with Crippen LogP contribution in [0.4, 0.5) is 15.8 Å². The van der Waals surface area contributed by atoms with E-state index in [1.165, 1.54) is 18.2 Å². The topological polar surface area (TPSA) is 167 Å². The first-order valence-electron chi connectivity index (χ1n) is 16.6. The lowest BCUT2D eigenvalue weighted by atomic mass is 9.98. The van der Waals surface area contributed by atoms with Gasteiger partial charge in [-0.2, -0.15) is 0 Å². The zero-order valence-corrected chi connectivity index (χ0v) is 28.1. The van der Waals surface area contributed by atoms with Gasteiger partial charge >= 0.3 is 0 Å². The Morgan fingerprint density at radius 1 is 0.962 bits per heavy atom. The van der Waals surface area contributed by atoms with Gasteiger partial charge in [0.2, 0.25) is 17.7 Å². The summed E-state index contributed by atoms with van der Waals surface area (Å²) in [7, 11) is 1.67. The fourth-order valence-corrected chi connectivity index (χ4v) is 6.25. The average molecular weight is 707 g/mol. The van der Waals surface area contributed by atoms with Crippen molar-refractivity contribution in [3.05, 3.63) is 125 Å². The van der Waals surface area contributed by atoms with Crippen LogP contribution in [0.3, 0.4) is 0 Å². The van der Waals surface area contributed by atoms with Crippen LogP contribution >= 0.6 is 0 Å². The van der Waals surface area contributed by atoms with Crippen LogP contribution in [0.25, 0.3) is 0 Å². The molecule has 0 radical (unpaired) electrons. The number of piperidine rings is 1. The molecule has 0 bridgehead atoms. The molecule has 13 nitrogen and oxygen atoms in total. The van der Waals surface area contributed by atoms with Crippen molar-refractivity contribution in [2.24, 2.45) is 0 Å². The molecule has 6 rings (SSSR count). The summed E-state index contributed by atoms with van der Waals surface area (Å²) in [5.41, 5.74) is 3.10. The summed E-state index contributed by atoms with van der Waals surface area (Å²) in [6.45, 7) is 0.574. The Morgan fingerprint density at radius 2 is 1.73 bits per heavy atom. The number of hydrogen-bond acceptors (Lipinski definition) is 9. The van der Waals surface area contributed by atoms with Gasteiger partial charge in [0.05, 0.1) is 36.8 Å². The molecule has 2 aliphatic rings. The molecule has 2 atom stereocenters. The van der Waals surface area contributed by atoms with E-state index in [4.69, 9.17) is 4.74 Å². The van der Waals surface area contributed by atoms with Crippen LogP contribution in [0.2, 0.25) is 0 Å². The largest absolute Gasteiger partial charge is 0.382 e. The minimum Gasteiger partial charge on any atom is -0.382 e. The second-order valence-electron chi connectivity index (χ2n) is 12.2. The molecule has 6 amide bonds. The predicted molar refractivity (Wildman–Crippen MR) is 187 cm³/mol. The Bertz CT molecular complexity index is 2010. The molecule has 14 heteroatoms. The fourth-order valence-electron chi connectivity index (χ4n) is 6.25. The second kappa shape index (κ2) is 15.7. The van der Waals surface area contributed by atoms with Gasteiger partial charge in [-0.1, -0.05) is 24.3 Å². The number of aromatic nitrogens is 1. The van der Waals surface area contributed by atoms with E-state index in [0.717, 1.165) is 16.0 Å². The Balaban J connectivity index is 0.965. The number of rotatable bonds is 13. The number of halogens is 1. The number of fused-ring (bicyclic) bond motifs is 1. The van der Waals surface area contributed by atoms with E-state index < -0.39 is 35.7 Å². The van der Waals surface area contributed by atoms with E-state index >= 15 is 0 Å². The van der Waals surface area contributed by atoms with E-state index in [9.17, 15) is 33.2 Å². The van der Waals surface area contributed by atoms with Gasteiger partial charge in [0.15, 0.2) is 0 Å². The number of anilines is 2. The molecule has 1 fully saturated rings. The van der Waals surface area contributed by atoms with Gasteiger partial charge in [-0.05, 0) is 72.1 Å². The Hall–Kier alpha value is -6.28. The fraction of sp³-hybridized carbons (Fsp3) is 0.237. The average Bonchev–Trinajstić information content (AvgIpc) is 3.40. The summed E-state index contributed by atoms with van der Waals surface area (Å²) < 4.78 is 19.2. The maximum absolute atomic E-state index is 13.6. The predicted octanol–water partition coefficient (Wildman–Crippen LogP) is 3.94. The summed E-state index contributed by atoms with van der Waals surface area (Å²) in [5.74, 6) is -3.28. The maximum atomic E-state index is 13.6. The van der Waals surface area contributed by atoms with Crippen molar-refractivity contribution in [3.63, 3.8) is 0 Å². The van der Waals surface area contributed by atoms with Gasteiger partial charge in [-0.3, -0.25) is 44.0 Å². The third kappa shape index (κ3) is 7.71. The smallest absolute Gasteiger partial charge is 0.264 e. The Labute approximate surface area is 298 Å². The number of carbonyl (C=O) groups excluding carboxylic acids is 6. The molecule has 3 N–H and O–H groups in total. The highest BCUT2D eigenvalue weighted by Crippen LogP contribution is 2.32. The highest BCUT2D eigenvalue weighted by Gasteiger charge is 2.45. The van der Waals surface area contributed by atoms with Crippen LogP contribution in [0.15, 0.2) is 91.3 Å². The lowest BCUT2D eigenvalue weighted by Crippen LogP contribution is -2.54. The maximum Gasteiger partial charge on any atom is 0.264 e. The van der Waals surface area contributed by atoms with Crippen LogP contribution in [-0.4, -0.2) is 83.1 Å². The minimum atomic E-state index is -1.06. The molecule has 2 unspecified atom stereocenters. The number of hydrogen-bond donors (Lipinski definition) is 3. The minimum absolute atomic E-state index is 0.0325. The van der Waals surface area contributed by atoms with Gasteiger partial charge in [0.1, 0.15) is 11.9 Å². The normalized spacial score (nSPS) is 15.9. The molecule has 4 aromatic rings. The van der Waals surface area contributed by atoms with Crippen LogP contribution < -0.4 is 16.0 Å². The number of pyridine rings is 1. The number of ether oxygens (including phenoxy) is 1. The molecule has 1 aromatic heterocycles. The first-order chi connectivity index (χ1) is 25.1. The van der Waals surface area contributed by atoms with Crippen molar-refractivity contribution in [1.82, 2.24) is 20.1 Å². The number of nitrogens with zero attached hydrogens (tertiary/aromatic N) is 3. The van der Waals surface area contributed by atoms with Crippen LogP contribution in [0.5, 0.6) is 0 Å². The summed E-state index contributed by atoms with van der Waals surface area (Å²) in [6, 6.07) is 19.3. The van der Waals surface area contributed by atoms with E-state index in [2.05, 4.69) is 20.9 Å². The van der Waals surface area contributed by atoms with Crippen molar-refractivity contribution in [2.45, 2.75) is 31.3 Å². The zero-order valence-electron chi connectivity index (χ0n) is 28.1. The second-order valence-corrected chi connectivity index (χ2v) is 12.2. The molecule has 3 heterocycles. The van der Waals surface area contributed by atoms with Gasteiger partial charge in [-0.15, -0.1) is 0 Å². The summed E-state index contributed by atoms with van der Waals surface area (Å²) >= 11 is 0. The number of benzene rings is 3. The molecule has 0 saturated carbocycles. The van der Waals surface area contributed by atoms with Crippen LogP contribution in [0, 0.1) is 5.82 Å². The monoisotopic (exact) mass is 706 g/mol. The van der Waals surface area contributed by atoms with Gasteiger partial charge in [0, 0.05) is 49.3 Å². The molecule has 0 aliphatic carbocycles. The van der Waals surface area contributed by atoms with E-state index in [1.54, 1.807) is 78.9 Å². The Morgan fingerprint density at radius 3 is 2.44 bits per heavy atom. The van der Waals surface area contributed by atoms with Gasteiger partial charge < -0.3 is 20.3 Å². The standard InChI is InChI=1S/C38H35FN6O7/c1-44(34(25-4-3-18-40-22-25)23-7-11-26(39)12-8-23)36(49)24-9-13-27(14-10-24)42-32(47)17-20-52-21-19-41-29-6-2-5-28-33(29)38(51)45(37(28)50)30-15-16-31(46)43-35(30)48/h2-14,18,22,30,34,41H,15-17,19-21H2,1H3,(H,42,47)(H,43,46,48). The molecule has 266 valence electrons. The lowest BCUT2D eigenvalue weighted by Gasteiger charge is -2.29. The quantitative estimate of drug-likeness (QED) is 0.138. The lowest BCUT2D eigenvalue weighted by molar-refractivity contribution is -0.136. The first-order valence-corrected chi connectivity index (χ1v) is 16.6. The van der Waals surface area contributed by atoms with Crippen molar-refractivity contribution in [1.29, 1.82) is 0 Å². The number of imide groups is 2. The van der Waals surface area contributed by atoms with Crippen molar-refractivity contribution in [2.75, 3.05) is 37.4 Å². The number of nitrogens with one attached hydrogen (secondary N) is 3. The highest BCUT2D eigenvalue weighted by molar-refractivity contribution is 6.25. The van der Waals surface area contributed by atoms with E-state index in [1.807, 2.05) is 6.07 Å². The third-order valence-electron chi connectivity index (χ3n) is 8.81. The molecule has 0 spiro atoms.